The summed E-state index contributed by atoms with van der Waals surface area (Å²) in [6.07, 6.45) is -1.42. The Bertz CT molecular complexity index is 1640. The predicted octanol–water partition coefficient (Wildman–Crippen LogP) is 3.06. The molecule has 0 aliphatic rings. The second-order valence-electron chi connectivity index (χ2n) is 7.87. The third-order valence-electron chi connectivity index (χ3n) is 5.14. The Morgan fingerprint density at radius 2 is 1.87 bits per heavy atom. The number of nitrogens with two attached hydrogens (primary N) is 2. The lowest BCUT2D eigenvalue weighted by molar-refractivity contribution is -0.137. The molecule has 17 heteroatoms. The second kappa shape index (κ2) is 10.7. The summed E-state index contributed by atoms with van der Waals surface area (Å²) in [7, 11) is 0. The molecule has 39 heavy (non-hydrogen) atoms. The minimum atomic E-state index is -4.80. The van der Waals surface area contributed by atoms with E-state index in [1.807, 2.05) is 0 Å². The zero-order valence-corrected chi connectivity index (χ0v) is 21.2. The molecule has 4 rings (SSSR count). The minimum absolute atomic E-state index is 0.0287. The molecule has 4 aromatic rings. The largest absolute Gasteiger partial charge is 0.418 e. The van der Waals surface area contributed by atoms with Crippen molar-refractivity contribution in [3.63, 3.8) is 0 Å². The highest BCUT2D eigenvalue weighted by atomic mass is 35.5. The SMILES string of the molecule is CC(NC(=O)c1ncnc(N)c1Cl)c1ncc(C(=O)Nc2ccc(C(F)(F)F)c(-n3ccc(N)nc3=O)c2)s1. The number of hydrogen-bond acceptors (Lipinski definition) is 10. The first kappa shape index (κ1) is 27.5. The van der Waals surface area contributed by atoms with E-state index in [9.17, 15) is 27.6 Å². The summed E-state index contributed by atoms with van der Waals surface area (Å²) in [6.45, 7) is 1.61. The molecule has 2 amide bonds. The number of alkyl halides is 3. The molecule has 0 saturated heterocycles. The molecule has 3 aromatic heterocycles. The van der Waals surface area contributed by atoms with Crippen LogP contribution in [-0.4, -0.2) is 36.3 Å². The Labute approximate surface area is 225 Å². The summed E-state index contributed by atoms with van der Waals surface area (Å²) < 4.78 is 41.5. The Morgan fingerprint density at radius 3 is 2.56 bits per heavy atom. The molecule has 1 aromatic carbocycles. The van der Waals surface area contributed by atoms with Gasteiger partial charge in [-0.05, 0) is 31.2 Å². The molecule has 0 aliphatic carbocycles. The highest BCUT2D eigenvalue weighted by molar-refractivity contribution is 7.13. The Morgan fingerprint density at radius 1 is 1.13 bits per heavy atom. The Hall–Kier alpha value is -4.57. The molecule has 12 nitrogen and oxygen atoms in total. The number of carbonyl (C=O) groups excluding carboxylic acids is 2. The number of carbonyl (C=O) groups is 2. The molecular weight excluding hydrogens is 563 g/mol. The number of amides is 2. The van der Waals surface area contributed by atoms with Crippen LogP contribution in [0.5, 0.6) is 0 Å². The molecule has 3 heterocycles. The van der Waals surface area contributed by atoms with Crippen LogP contribution in [0.2, 0.25) is 5.02 Å². The molecule has 1 unspecified atom stereocenters. The maximum absolute atomic E-state index is 13.6. The average molecular weight is 580 g/mol. The van der Waals surface area contributed by atoms with Gasteiger partial charge in [-0.15, -0.1) is 11.3 Å². The Balaban J connectivity index is 1.54. The van der Waals surface area contributed by atoms with E-state index in [0.717, 1.165) is 42.1 Å². The second-order valence-corrected chi connectivity index (χ2v) is 9.31. The van der Waals surface area contributed by atoms with Gasteiger partial charge in [0.15, 0.2) is 5.69 Å². The van der Waals surface area contributed by atoms with Crippen molar-refractivity contribution in [1.29, 1.82) is 0 Å². The summed E-state index contributed by atoms with van der Waals surface area (Å²) in [5.74, 6) is -1.56. The zero-order chi connectivity index (χ0) is 28.5. The van der Waals surface area contributed by atoms with Crippen LogP contribution in [0.25, 0.3) is 5.69 Å². The van der Waals surface area contributed by atoms with Gasteiger partial charge in [-0.1, -0.05) is 11.6 Å². The van der Waals surface area contributed by atoms with Gasteiger partial charge in [-0.3, -0.25) is 14.2 Å². The molecule has 0 radical (unpaired) electrons. The van der Waals surface area contributed by atoms with E-state index in [2.05, 4.69) is 30.6 Å². The molecule has 0 fully saturated rings. The molecule has 1 atom stereocenters. The zero-order valence-electron chi connectivity index (χ0n) is 19.7. The number of aromatic nitrogens is 5. The molecular formula is C22H17ClF3N9O3S. The monoisotopic (exact) mass is 579 g/mol. The van der Waals surface area contributed by atoms with Crippen molar-refractivity contribution in [3.8, 4) is 5.69 Å². The lowest BCUT2D eigenvalue weighted by Crippen LogP contribution is -2.28. The van der Waals surface area contributed by atoms with E-state index in [1.54, 1.807) is 6.92 Å². The molecule has 6 N–H and O–H groups in total. The van der Waals surface area contributed by atoms with Gasteiger partial charge >= 0.3 is 11.9 Å². The van der Waals surface area contributed by atoms with Crippen LogP contribution in [0.1, 0.15) is 43.7 Å². The quantitative estimate of drug-likeness (QED) is 0.266. The summed E-state index contributed by atoms with van der Waals surface area (Å²) >= 11 is 6.91. The van der Waals surface area contributed by atoms with Gasteiger partial charge in [0, 0.05) is 11.9 Å². The van der Waals surface area contributed by atoms with Gasteiger partial charge in [0.25, 0.3) is 11.8 Å². The fraction of sp³-hybridized carbons (Fsp3) is 0.136. The predicted molar refractivity (Wildman–Crippen MR) is 137 cm³/mol. The van der Waals surface area contributed by atoms with Crippen LogP contribution in [-0.2, 0) is 6.18 Å². The summed E-state index contributed by atoms with van der Waals surface area (Å²) in [6, 6.07) is 3.26. The van der Waals surface area contributed by atoms with E-state index in [4.69, 9.17) is 23.1 Å². The summed E-state index contributed by atoms with van der Waals surface area (Å²) in [4.78, 5) is 52.7. The first-order valence-corrected chi connectivity index (χ1v) is 11.9. The van der Waals surface area contributed by atoms with Crippen molar-refractivity contribution in [1.82, 2.24) is 29.8 Å². The van der Waals surface area contributed by atoms with Crippen LogP contribution in [0.3, 0.4) is 0 Å². The third-order valence-corrected chi connectivity index (χ3v) is 6.69. The van der Waals surface area contributed by atoms with E-state index in [-0.39, 0.29) is 32.9 Å². The molecule has 0 bridgehead atoms. The van der Waals surface area contributed by atoms with Gasteiger partial charge < -0.3 is 22.1 Å². The molecule has 202 valence electrons. The standard InChI is InChI=1S/C22H17ClF3N9O3S/c1-9(32-19(37)16-15(23)17(28)31-8-30-16)20-29-7-13(39-20)18(36)33-10-2-3-11(22(24,25)26)12(6-10)35-5-4-14(27)34-21(35)38/h2-9H,1H3,(H,32,37)(H,33,36)(H2,27,34,38)(H2,28,30,31). The van der Waals surface area contributed by atoms with E-state index in [0.29, 0.717) is 9.57 Å². The van der Waals surface area contributed by atoms with Crippen molar-refractivity contribution in [2.45, 2.75) is 19.1 Å². The fourth-order valence-electron chi connectivity index (χ4n) is 3.30. The van der Waals surface area contributed by atoms with E-state index >= 15 is 0 Å². The summed E-state index contributed by atoms with van der Waals surface area (Å²) in [5, 5.41) is 5.34. The van der Waals surface area contributed by atoms with Gasteiger partial charge in [-0.2, -0.15) is 18.2 Å². The van der Waals surface area contributed by atoms with Crippen molar-refractivity contribution in [2.24, 2.45) is 0 Å². The van der Waals surface area contributed by atoms with Gasteiger partial charge in [0.05, 0.1) is 23.5 Å². The number of halogens is 4. The molecule has 0 saturated carbocycles. The third kappa shape index (κ3) is 5.96. The van der Waals surface area contributed by atoms with Crippen LogP contribution >= 0.6 is 22.9 Å². The van der Waals surface area contributed by atoms with Gasteiger partial charge in [0.1, 0.15) is 32.9 Å². The lowest BCUT2D eigenvalue weighted by Gasteiger charge is -2.16. The first-order chi connectivity index (χ1) is 18.3. The fourth-order valence-corrected chi connectivity index (χ4v) is 4.30. The number of nitrogens with one attached hydrogen (secondary N) is 2. The first-order valence-electron chi connectivity index (χ1n) is 10.8. The topological polar surface area (TPSA) is 184 Å². The maximum Gasteiger partial charge on any atom is 0.418 e. The normalized spacial score (nSPS) is 12.1. The van der Waals surface area contributed by atoms with Crippen molar-refractivity contribution < 1.29 is 22.8 Å². The van der Waals surface area contributed by atoms with E-state index < -0.39 is 41.0 Å². The van der Waals surface area contributed by atoms with E-state index in [1.165, 1.54) is 12.3 Å². The number of nitrogens with zero attached hydrogens (tertiary/aromatic N) is 5. The van der Waals surface area contributed by atoms with Crippen LogP contribution in [0.15, 0.2) is 47.8 Å². The lowest BCUT2D eigenvalue weighted by atomic mass is 10.1. The number of benzene rings is 1. The van der Waals surface area contributed by atoms with Crippen LogP contribution in [0, 0.1) is 0 Å². The number of thiazole rings is 1. The number of rotatable bonds is 6. The highest BCUT2D eigenvalue weighted by Gasteiger charge is 2.34. The smallest absolute Gasteiger partial charge is 0.383 e. The minimum Gasteiger partial charge on any atom is -0.383 e. The number of nitrogen functional groups attached to an aromatic ring is 2. The van der Waals surface area contributed by atoms with Gasteiger partial charge in [0.2, 0.25) is 0 Å². The highest BCUT2D eigenvalue weighted by Crippen LogP contribution is 2.35. The van der Waals surface area contributed by atoms with Gasteiger partial charge in [-0.25, -0.2) is 19.7 Å². The summed E-state index contributed by atoms with van der Waals surface area (Å²) in [5.41, 5.74) is 8.15. The van der Waals surface area contributed by atoms with Crippen molar-refractivity contribution >= 4 is 52.1 Å². The van der Waals surface area contributed by atoms with Crippen LogP contribution < -0.4 is 27.8 Å². The van der Waals surface area contributed by atoms with Crippen molar-refractivity contribution in [3.05, 3.63) is 79.6 Å². The number of anilines is 3. The average Bonchev–Trinajstić information content (AvgIpc) is 3.36. The van der Waals surface area contributed by atoms with Crippen LogP contribution in [0.4, 0.5) is 30.5 Å². The Kier molecular flexibility index (Phi) is 7.51. The van der Waals surface area contributed by atoms with Crippen molar-refractivity contribution in [2.75, 3.05) is 16.8 Å². The molecule has 0 aliphatic heterocycles. The molecule has 0 spiro atoms. The maximum atomic E-state index is 13.6. The number of hydrogen-bond donors (Lipinski definition) is 4.